The second-order valence-corrected chi connectivity index (χ2v) is 4.02. The van der Waals surface area contributed by atoms with E-state index in [4.69, 9.17) is 10.5 Å². The standard InChI is InChI=1S/C12H19N3O/c1-2-11-9-16-7-6-15(11)12-5-3-4-10(8-13)14-12/h3-5,11H,2,6-9,13H2,1H3. The zero-order chi connectivity index (χ0) is 11.4. The summed E-state index contributed by atoms with van der Waals surface area (Å²) in [7, 11) is 0. The van der Waals surface area contributed by atoms with Crippen LogP contribution >= 0.6 is 0 Å². The van der Waals surface area contributed by atoms with Crippen molar-refractivity contribution in [2.45, 2.75) is 25.9 Å². The highest BCUT2D eigenvalue weighted by Crippen LogP contribution is 2.19. The molecule has 16 heavy (non-hydrogen) atoms. The number of nitrogens with zero attached hydrogens (tertiary/aromatic N) is 2. The van der Waals surface area contributed by atoms with Crippen LogP contribution in [-0.4, -0.2) is 30.8 Å². The SMILES string of the molecule is CCC1COCCN1c1cccc(CN)n1. The van der Waals surface area contributed by atoms with Gasteiger partial charge in [0.2, 0.25) is 0 Å². The fourth-order valence-electron chi connectivity index (χ4n) is 2.04. The molecule has 1 aromatic heterocycles. The van der Waals surface area contributed by atoms with Crippen LogP contribution in [0.2, 0.25) is 0 Å². The number of nitrogens with two attached hydrogens (primary N) is 1. The molecule has 1 fully saturated rings. The first-order valence-electron chi connectivity index (χ1n) is 5.85. The summed E-state index contributed by atoms with van der Waals surface area (Å²) >= 11 is 0. The fraction of sp³-hybridized carbons (Fsp3) is 0.583. The number of pyridine rings is 1. The lowest BCUT2D eigenvalue weighted by Gasteiger charge is -2.36. The number of hydrogen-bond acceptors (Lipinski definition) is 4. The third-order valence-electron chi connectivity index (χ3n) is 2.99. The van der Waals surface area contributed by atoms with Crippen LogP contribution in [0.1, 0.15) is 19.0 Å². The van der Waals surface area contributed by atoms with Gasteiger partial charge in [-0.25, -0.2) is 4.98 Å². The molecule has 0 bridgehead atoms. The summed E-state index contributed by atoms with van der Waals surface area (Å²) in [5.41, 5.74) is 6.55. The minimum Gasteiger partial charge on any atom is -0.377 e. The Hall–Kier alpha value is -1.13. The number of ether oxygens (including phenoxy) is 1. The van der Waals surface area contributed by atoms with Crippen molar-refractivity contribution < 1.29 is 4.74 Å². The Labute approximate surface area is 96.4 Å². The predicted octanol–water partition coefficient (Wildman–Crippen LogP) is 1.16. The van der Waals surface area contributed by atoms with E-state index in [2.05, 4.69) is 16.8 Å². The average Bonchev–Trinajstić information content (AvgIpc) is 2.38. The van der Waals surface area contributed by atoms with Gasteiger partial charge < -0.3 is 15.4 Å². The monoisotopic (exact) mass is 221 g/mol. The number of aromatic nitrogens is 1. The first-order valence-corrected chi connectivity index (χ1v) is 5.85. The lowest BCUT2D eigenvalue weighted by molar-refractivity contribution is 0.0925. The first kappa shape index (κ1) is 11.4. The van der Waals surface area contributed by atoms with E-state index < -0.39 is 0 Å². The highest BCUT2D eigenvalue weighted by molar-refractivity contribution is 5.41. The number of hydrogen-bond donors (Lipinski definition) is 1. The maximum absolute atomic E-state index is 5.61. The third kappa shape index (κ3) is 2.33. The molecule has 1 saturated heterocycles. The highest BCUT2D eigenvalue weighted by Gasteiger charge is 2.22. The normalized spacial score (nSPS) is 21.1. The molecule has 0 spiro atoms. The fourth-order valence-corrected chi connectivity index (χ4v) is 2.04. The van der Waals surface area contributed by atoms with Crippen LogP contribution in [0.4, 0.5) is 5.82 Å². The molecule has 2 rings (SSSR count). The Bertz CT molecular complexity index is 343. The summed E-state index contributed by atoms with van der Waals surface area (Å²) in [5, 5.41) is 0. The molecule has 2 N–H and O–H groups in total. The molecule has 1 atom stereocenters. The molecule has 0 aromatic carbocycles. The Kier molecular flexibility index (Phi) is 3.74. The van der Waals surface area contributed by atoms with Crippen LogP contribution in [0.3, 0.4) is 0 Å². The van der Waals surface area contributed by atoms with Gasteiger partial charge in [0, 0.05) is 13.1 Å². The van der Waals surface area contributed by atoms with Crippen molar-refractivity contribution in [2.75, 3.05) is 24.7 Å². The number of morpholine rings is 1. The summed E-state index contributed by atoms with van der Waals surface area (Å²) in [6.07, 6.45) is 1.08. The molecule has 1 aromatic rings. The van der Waals surface area contributed by atoms with Crippen LogP contribution in [0, 0.1) is 0 Å². The maximum Gasteiger partial charge on any atom is 0.129 e. The van der Waals surface area contributed by atoms with Crippen molar-refractivity contribution in [2.24, 2.45) is 5.73 Å². The second-order valence-electron chi connectivity index (χ2n) is 4.02. The molecular formula is C12H19N3O. The van der Waals surface area contributed by atoms with Gasteiger partial charge in [0.05, 0.1) is 24.9 Å². The Morgan fingerprint density at radius 1 is 1.56 bits per heavy atom. The van der Waals surface area contributed by atoms with Gasteiger partial charge in [-0.3, -0.25) is 0 Å². The molecule has 0 saturated carbocycles. The quantitative estimate of drug-likeness (QED) is 0.832. The molecule has 0 amide bonds. The van der Waals surface area contributed by atoms with Crippen molar-refractivity contribution in [1.82, 2.24) is 4.98 Å². The summed E-state index contributed by atoms with van der Waals surface area (Å²) in [6.45, 7) is 5.17. The van der Waals surface area contributed by atoms with E-state index >= 15 is 0 Å². The maximum atomic E-state index is 5.61. The summed E-state index contributed by atoms with van der Waals surface area (Å²) in [4.78, 5) is 6.88. The highest BCUT2D eigenvalue weighted by atomic mass is 16.5. The zero-order valence-corrected chi connectivity index (χ0v) is 9.72. The summed E-state index contributed by atoms with van der Waals surface area (Å²) in [6, 6.07) is 6.47. The molecule has 4 nitrogen and oxygen atoms in total. The van der Waals surface area contributed by atoms with E-state index in [0.29, 0.717) is 12.6 Å². The van der Waals surface area contributed by atoms with E-state index in [1.54, 1.807) is 0 Å². The van der Waals surface area contributed by atoms with Crippen LogP contribution in [0.5, 0.6) is 0 Å². The van der Waals surface area contributed by atoms with Gasteiger partial charge in [0.25, 0.3) is 0 Å². The van der Waals surface area contributed by atoms with Crippen molar-refractivity contribution in [3.63, 3.8) is 0 Å². The van der Waals surface area contributed by atoms with E-state index in [1.165, 1.54) is 0 Å². The van der Waals surface area contributed by atoms with Gasteiger partial charge in [-0.2, -0.15) is 0 Å². The van der Waals surface area contributed by atoms with Gasteiger partial charge >= 0.3 is 0 Å². The van der Waals surface area contributed by atoms with Crippen molar-refractivity contribution in [1.29, 1.82) is 0 Å². The molecular weight excluding hydrogens is 202 g/mol. The van der Waals surface area contributed by atoms with Gasteiger partial charge in [0.15, 0.2) is 0 Å². The van der Waals surface area contributed by atoms with Gasteiger partial charge in [0.1, 0.15) is 5.82 Å². The molecule has 1 unspecified atom stereocenters. The van der Waals surface area contributed by atoms with Gasteiger partial charge in [-0.15, -0.1) is 0 Å². The van der Waals surface area contributed by atoms with Crippen LogP contribution in [-0.2, 0) is 11.3 Å². The molecule has 0 aliphatic carbocycles. The average molecular weight is 221 g/mol. The minimum atomic E-state index is 0.439. The third-order valence-corrected chi connectivity index (χ3v) is 2.99. The molecule has 0 radical (unpaired) electrons. The van der Waals surface area contributed by atoms with E-state index in [-0.39, 0.29) is 0 Å². The topological polar surface area (TPSA) is 51.4 Å². The molecule has 2 heterocycles. The molecule has 1 aliphatic heterocycles. The van der Waals surface area contributed by atoms with Crippen molar-refractivity contribution in [3.05, 3.63) is 23.9 Å². The second kappa shape index (κ2) is 5.27. The summed E-state index contributed by atoms with van der Waals surface area (Å²) in [5.74, 6) is 1.03. The summed E-state index contributed by atoms with van der Waals surface area (Å²) < 4.78 is 5.49. The van der Waals surface area contributed by atoms with E-state index in [0.717, 1.165) is 37.7 Å². The van der Waals surface area contributed by atoms with Crippen LogP contribution < -0.4 is 10.6 Å². The first-order chi connectivity index (χ1) is 7.85. The number of rotatable bonds is 3. The van der Waals surface area contributed by atoms with E-state index in [9.17, 15) is 0 Å². The lowest BCUT2D eigenvalue weighted by atomic mass is 10.1. The van der Waals surface area contributed by atoms with Gasteiger partial charge in [-0.1, -0.05) is 13.0 Å². The predicted molar refractivity (Wildman–Crippen MR) is 64.4 cm³/mol. The Balaban J connectivity index is 2.20. The minimum absolute atomic E-state index is 0.439. The molecule has 4 heteroatoms. The zero-order valence-electron chi connectivity index (χ0n) is 9.72. The van der Waals surface area contributed by atoms with Crippen molar-refractivity contribution in [3.8, 4) is 0 Å². The Morgan fingerprint density at radius 3 is 3.19 bits per heavy atom. The smallest absolute Gasteiger partial charge is 0.129 e. The Morgan fingerprint density at radius 2 is 2.44 bits per heavy atom. The van der Waals surface area contributed by atoms with Crippen molar-refractivity contribution >= 4 is 5.82 Å². The van der Waals surface area contributed by atoms with E-state index in [1.807, 2.05) is 18.2 Å². The van der Waals surface area contributed by atoms with Crippen LogP contribution in [0.25, 0.3) is 0 Å². The molecule has 1 aliphatic rings. The number of anilines is 1. The van der Waals surface area contributed by atoms with Crippen LogP contribution in [0.15, 0.2) is 18.2 Å². The van der Waals surface area contributed by atoms with Gasteiger partial charge in [-0.05, 0) is 18.6 Å². The molecule has 88 valence electrons. The lowest BCUT2D eigenvalue weighted by Crippen LogP contribution is -2.45. The largest absolute Gasteiger partial charge is 0.377 e.